The smallest absolute Gasteiger partial charge is 0.229 e. The highest BCUT2D eigenvalue weighted by molar-refractivity contribution is 5.62. The Labute approximate surface area is 153 Å². The average Bonchev–Trinajstić information content (AvgIpc) is 2.62. The third-order valence-corrected chi connectivity index (χ3v) is 3.76. The zero-order valence-electron chi connectivity index (χ0n) is 15.0. The van der Waals surface area contributed by atoms with Crippen LogP contribution in [0.3, 0.4) is 0 Å². The zero-order valence-corrected chi connectivity index (χ0v) is 15.0. The standard InChI is InChI=1S/C20H20N6/c1-14-11-19(23-17-6-4-5-15(12-17)13-21)25-20(22-14)24-16-7-9-18(10-8-16)26(2)3/h4-12H,1-3H3,(H2,22,23,24,25). The Bertz CT molecular complexity index is 941. The number of nitrogens with one attached hydrogen (secondary N) is 2. The number of rotatable bonds is 5. The van der Waals surface area contributed by atoms with Crippen molar-refractivity contribution in [2.45, 2.75) is 6.92 Å². The predicted molar refractivity (Wildman–Crippen MR) is 105 cm³/mol. The molecule has 0 aliphatic carbocycles. The summed E-state index contributed by atoms with van der Waals surface area (Å²) in [5.74, 6) is 1.18. The Balaban J connectivity index is 1.80. The van der Waals surface area contributed by atoms with E-state index in [1.807, 2.05) is 68.4 Å². The Hall–Kier alpha value is -3.59. The summed E-state index contributed by atoms with van der Waals surface area (Å²) < 4.78 is 0. The molecule has 0 radical (unpaired) electrons. The number of hydrogen-bond acceptors (Lipinski definition) is 6. The molecule has 2 aromatic carbocycles. The lowest BCUT2D eigenvalue weighted by molar-refractivity contribution is 1.10. The summed E-state index contributed by atoms with van der Waals surface area (Å²) in [6.07, 6.45) is 0. The summed E-state index contributed by atoms with van der Waals surface area (Å²) in [5.41, 5.74) is 4.29. The van der Waals surface area contributed by atoms with Crippen molar-refractivity contribution in [3.8, 4) is 6.07 Å². The van der Waals surface area contributed by atoms with Crippen LogP contribution in [0, 0.1) is 18.3 Å². The molecular weight excluding hydrogens is 324 g/mol. The van der Waals surface area contributed by atoms with E-state index in [2.05, 4.69) is 26.7 Å². The highest BCUT2D eigenvalue weighted by atomic mass is 15.1. The molecule has 0 aliphatic heterocycles. The SMILES string of the molecule is Cc1cc(Nc2cccc(C#N)c2)nc(Nc2ccc(N(C)C)cc2)n1. The van der Waals surface area contributed by atoms with Crippen LogP contribution in [0.15, 0.2) is 54.6 Å². The van der Waals surface area contributed by atoms with Gasteiger partial charge in [-0.2, -0.15) is 10.2 Å². The second-order valence-electron chi connectivity index (χ2n) is 6.10. The van der Waals surface area contributed by atoms with Crippen molar-refractivity contribution < 1.29 is 0 Å². The molecule has 3 aromatic rings. The molecule has 3 rings (SSSR count). The van der Waals surface area contributed by atoms with Gasteiger partial charge in [-0.3, -0.25) is 0 Å². The van der Waals surface area contributed by atoms with Crippen molar-refractivity contribution in [1.82, 2.24) is 9.97 Å². The minimum atomic E-state index is 0.515. The molecule has 0 atom stereocenters. The van der Waals surface area contributed by atoms with Gasteiger partial charge >= 0.3 is 0 Å². The average molecular weight is 344 g/mol. The van der Waals surface area contributed by atoms with Crippen molar-refractivity contribution in [3.05, 3.63) is 65.9 Å². The number of nitrogens with zero attached hydrogens (tertiary/aromatic N) is 4. The topological polar surface area (TPSA) is 76.9 Å². The summed E-state index contributed by atoms with van der Waals surface area (Å²) in [6.45, 7) is 1.92. The molecule has 130 valence electrons. The Morgan fingerprint density at radius 2 is 1.69 bits per heavy atom. The number of aromatic nitrogens is 2. The maximum absolute atomic E-state index is 9.02. The number of nitriles is 1. The van der Waals surface area contributed by atoms with E-state index < -0.39 is 0 Å². The molecular formula is C20H20N6. The summed E-state index contributed by atoms with van der Waals surface area (Å²) in [6, 6.07) is 19.3. The van der Waals surface area contributed by atoms with Crippen LogP contribution >= 0.6 is 0 Å². The maximum Gasteiger partial charge on any atom is 0.229 e. The van der Waals surface area contributed by atoms with Gasteiger partial charge in [-0.15, -0.1) is 0 Å². The first-order valence-electron chi connectivity index (χ1n) is 8.21. The van der Waals surface area contributed by atoms with Crippen molar-refractivity contribution >= 4 is 28.8 Å². The maximum atomic E-state index is 9.02. The molecule has 0 unspecified atom stereocenters. The quantitative estimate of drug-likeness (QED) is 0.722. The second-order valence-corrected chi connectivity index (χ2v) is 6.10. The van der Waals surface area contributed by atoms with Crippen LogP contribution in [0.4, 0.5) is 28.8 Å². The molecule has 0 aliphatic rings. The zero-order chi connectivity index (χ0) is 18.5. The van der Waals surface area contributed by atoms with Crippen molar-refractivity contribution in [1.29, 1.82) is 5.26 Å². The molecule has 6 nitrogen and oxygen atoms in total. The Morgan fingerprint density at radius 3 is 2.38 bits per heavy atom. The van der Waals surface area contributed by atoms with E-state index in [0.717, 1.165) is 22.8 Å². The second kappa shape index (κ2) is 7.53. The lowest BCUT2D eigenvalue weighted by Crippen LogP contribution is -2.08. The van der Waals surface area contributed by atoms with E-state index >= 15 is 0 Å². The van der Waals surface area contributed by atoms with E-state index in [1.165, 1.54) is 0 Å². The largest absolute Gasteiger partial charge is 0.378 e. The minimum Gasteiger partial charge on any atom is -0.378 e. The summed E-state index contributed by atoms with van der Waals surface area (Å²) in [5, 5.41) is 15.5. The van der Waals surface area contributed by atoms with Crippen molar-refractivity contribution in [2.24, 2.45) is 0 Å². The molecule has 1 heterocycles. The first-order valence-corrected chi connectivity index (χ1v) is 8.21. The third-order valence-electron chi connectivity index (χ3n) is 3.76. The number of aryl methyl sites for hydroxylation is 1. The van der Waals surface area contributed by atoms with Gasteiger partial charge in [0.25, 0.3) is 0 Å². The van der Waals surface area contributed by atoms with Crippen LogP contribution in [-0.4, -0.2) is 24.1 Å². The fourth-order valence-electron chi connectivity index (χ4n) is 2.47. The lowest BCUT2D eigenvalue weighted by Gasteiger charge is -2.13. The molecule has 0 amide bonds. The van der Waals surface area contributed by atoms with Crippen LogP contribution in [-0.2, 0) is 0 Å². The Kier molecular flexibility index (Phi) is 4.99. The van der Waals surface area contributed by atoms with Crippen LogP contribution in [0.25, 0.3) is 0 Å². The van der Waals surface area contributed by atoms with Gasteiger partial charge in [0.05, 0.1) is 11.6 Å². The highest BCUT2D eigenvalue weighted by Crippen LogP contribution is 2.21. The lowest BCUT2D eigenvalue weighted by atomic mass is 10.2. The summed E-state index contributed by atoms with van der Waals surface area (Å²) in [7, 11) is 4.01. The van der Waals surface area contributed by atoms with Gasteiger partial charge in [0.1, 0.15) is 5.82 Å². The van der Waals surface area contributed by atoms with E-state index in [9.17, 15) is 0 Å². The van der Waals surface area contributed by atoms with Gasteiger partial charge in [-0.1, -0.05) is 6.07 Å². The summed E-state index contributed by atoms with van der Waals surface area (Å²) in [4.78, 5) is 11.0. The molecule has 0 saturated carbocycles. The van der Waals surface area contributed by atoms with E-state index in [1.54, 1.807) is 12.1 Å². The minimum absolute atomic E-state index is 0.515. The molecule has 0 fully saturated rings. The molecule has 6 heteroatoms. The van der Waals surface area contributed by atoms with Crippen LogP contribution in [0.5, 0.6) is 0 Å². The fraction of sp³-hybridized carbons (Fsp3) is 0.150. The van der Waals surface area contributed by atoms with Gasteiger partial charge < -0.3 is 15.5 Å². The van der Waals surface area contributed by atoms with E-state index in [4.69, 9.17) is 5.26 Å². The van der Waals surface area contributed by atoms with Gasteiger partial charge in [0, 0.05) is 42.9 Å². The van der Waals surface area contributed by atoms with E-state index in [-0.39, 0.29) is 0 Å². The van der Waals surface area contributed by atoms with Gasteiger partial charge in [-0.25, -0.2) is 4.98 Å². The fourth-order valence-corrected chi connectivity index (χ4v) is 2.47. The highest BCUT2D eigenvalue weighted by Gasteiger charge is 2.05. The molecule has 0 spiro atoms. The van der Waals surface area contributed by atoms with Crippen LogP contribution in [0.1, 0.15) is 11.3 Å². The Morgan fingerprint density at radius 1 is 0.923 bits per heavy atom. The molecule has 1 aromatic heterocycles. The normalized spacial score (nSPS) is 10.1. The monoisotopic (exact) mass is 344 g/mol. The van der Waals surface area contributed by atoms with E-state index in [0.29, 0.717) is 17.3 Å². The first-order chi connectivity index (χ1) is 12.5. The number of hydrogen-bond donors (Lipinski definition) is 2. The predicted octanol–water partition coefficient (Wildman–Crippen LogP) is 4.21. The van der Waals surface area contributed by atoms with Crippen molar-refractivity contribution in [3.63, 3.8) is 0 Å². The first kappa shape index (κ1) is 17.2. The third kappa shape index (κ3) is 4.28. The molecule has 2 N–H and O–H groups in total. The molecule has 0 bridgehead atoms. The molecule has 0 saturated heterocycles. The van der Waals surface area contributed by atoms with Crippen LogP contribution in [0.2, 0.25) is 0 Å². The number of benzene rings is 2. The van der Waals surface area contributed by atoms with Gasteiger partial charge in [-0.05, 0) is 49.4 Å². The van der Waals surface area contributed by atoms with Crippen LogP contribution < -0.4 is 15.5 Å². The van der Waals surface area contributed by atoms with Crippen molar-refractivity contribution in [2.75, 3.05) is 29.6 Å². The van der Waals surface area contributed by atoms with Gasteiger partial charge in [0.15, 0.2) is 0 Å². The molecule has 26 heavy (non-hydrogen) atoms. The number of anilines is 5. The summed E-state index contributed by atoms with van der Waals surface area (Å²) >= 11 is 0. The van der Waals surface area contributed by atoms with Gasteiger partial charge in [0.2, 0.25) is 5.95 Å².